The smallest absolute Gasteiger partial charge is 0.329 e. The number of carbonyl (C=O) groups excluding carboxylic acids is 4. The van der Waals surface area contributed by atoms with Crippen LogP contribution in [0.4, 0.5) is 4.79 Å². The Kier molecular flexibility index (Phi) is 5.35. The number of esters is 1. The summed E-state index contributed by atoms with van der Waals surface area (Å²) in [5.74, 6) is -1.56. The summed E-state index contributed by atoms with van der Waals surface area (Å²) >= 11 is 0. The van der Waals surface area contributed by atoms with Gasteiger partial charge in [0.05, 0.1) is 0 Å². The van der Waals surface area contributed by atoms with Crippen molar-refractivity contribution in [2.24, 2.45) is 0 Å². The van der Waals surface area contributed by atoms with Crippen molar-refractivity contribution in [2.75, 3.05) is 0 Å². The standard InChI is InChI=1S/C14H21N3O5/c1-8(22-13(20)10-6-7-11(18)16-10)12(19)17-14(21)15-9-4-2-3-5-9/h8-10H,2-7H2,1H3,(H,16,18)(H2,15,17,19,21)/t8-,10-/m0/s1. The highest BCUT2D eigenvalue weighted by atomic mass is 16.5. The van der Waals surface area contributed by atoms with E-state index in [2.05, 4.69) is 16.0 Å². The van der Waals surface area contributed by atoms with Crippen molar-refractivity contribution < 1.29 is 23.9 Å². The first-order chi connectivity index (χ1) is 10.5. The minimum atomic E-state index is -1.10. The lowest BCUT2D eigenvalue weighted by Gasteiger charge is -2.17. The van der Waals surface area contributed by atoms with Crippen LogP contribution in [0.1, 0.15) is 45.4 Å². The second-order valence-electron chi connectivity index (χ2n) is 5.68. The van der Waals surface area contributed by atoms with Gasteiger partial charge in [0.1, 0.15) is 6.04 Å². The van der Waals surface area contributed by atoms with Crippen LogP contribution in [0.15, 0.2) is 0 Å². The lowest BCUT2D eigenvalue weighted by Crippen LogP contribution is -2.48. The summed E-state index contributed by atoms with van der Waals surface area (Å²) in [5, 5.41) is 7.33. The van der Waals surface area contributed by atoms with Crippen LogP contribution in [0.5, 0.6) is 0 Å². The van der Waals surface area contributed by atoms with E-state index in [4.69, 9.17) is 4.74 Å². The van der Waals surface area contributed by atoms with Crippen molar-refractivity contribution in [3.8, 4) is 0 Å². The molecule has 3 N–H and O–H groups in total. The van der Waals surface area contributed by atoms with E-state index in [0.29, 0.717) is 6.42 Å². The molecule has 122 valence electrons. The van der Waals surface area contributed by atoms with Gasteiger partial charge in [-0.1, -0.05) is 12.8 Å². The van der Waals surface area contributed by atoms with Gasteiger partial charge < -0.3 is 15.4 Å². The molecule has 1 aliphatic heterocycles. The van der Waals surface area contributed by atoms with Crippen LogP contribution in [0.2, 0.25) is 0 Å². The summed E-state index contributed by atoms with van der Waals surface area (Å²) in [6, 6.07) is -1.19. The van der Waals surface area contributed by atoms with Crippen LogP contribution in [0, 0.1) is 0 Å². The second kappa shape index (κ2) is 7.24. The van der Waals surface area contributed by atoms with Gasteiger partial charge in [0.25, 0.3) is 5.91 Å². The molecule has 2 fully saturated rings. The van der Waals surface area contributed by atoms with E-state index in [1.54, 1.807) is 0 Å². The van der Waals surface area contributed by atoms with Crippen molar-refractivity contribution in [2.45, 2.75) is 63.6 Å². The Balaban J connectivity index is 1.72. The number of imide groups is 1. The fourth-order valence-corrected chi connectivity index (χ4v) is 2.61. The zero-order chi connectivity index (χ0) is 16.1. The topological polar surface area (TPSA) is 114 Å². The van der Waals surface area contributed by atoms with Crippen LogP contribution in [0.3, 0.4) is 0 Å². The van der Waals surface area contributed by atoms with Gasteiger partial charge in [-0.25, -0.2) is 9.59 Å². The molecule has 0 unspecified atom stereocenters. The predicted molar refractivity (Wildman–Crippen MR) is 75.6 cm³/mol. The van der Waals surface area contributed by atoms with Gasteiger partial charge in [-0.15, -0.1) is 0 Å². The van der Waals surface area contributed by atoms with Gasteiger partial charge in [0.2, 0.25) is 5.91 Å². The molecule has 1 heterocycles. The van der Waals surface area contributed by atoms with E-state index in [1.165, 1.54) is 6.92 Å². The van der Waals surface area contributed by atoms with E-state index in [-0.39, 0.29) is 18.4 Å². The lowest BCUT2D eigenvalue weighted by molar-refractivity contribution is -0.156. The zero-order valence-corrected chi connectivity index (χ0v) is 12.5. The van der Waals surface area contributed by atoms with E-state index in [1.807, 2.05) is 0 Å². The maximum Gasteiger partial charge on any atom is 0.329 e. The zero-order valence-electron chi connectivity index (χ0n) is 12.5. The van der Waals surface area contributed by atoms with Gasteiger partial charge in [-0.2, -0.15) is 0 Å². The highest BCUT2D eigenvalue weighted by Gasteiger charge is 2.31. The number of hydrogen-bond donors (Lipinski definition) is 3. The van der Waals surface area contributed by atoms with Gasteiger partial charge in [-0.05, 0) is 26.2 Å². The molecule has 1 saturated carbocycles. The van der Waals surface area contributed by atoms with E-state index >= 15 is 0 Å². The van der Waals surface area contributed by atoms with Crippen LogP contribution in [0.25, 0.3) is 0 Å². The molecule has 0 bridgehead atoms. The first-order valence-electron chi connectivity index (χ1n) is 7.57. The van der Waals surface area contributed by atoms with E-state index in [9.17, 15) is 19.2 Å². The number of carbonyl (C=O) groups is 4. The molecule has 0 radical (unpaired) electrons. The average molecular weight is 311 g/mol. The fraction of sp³-hybridized carbons (Fsp3) is 0.714. The van der Waals surface area contributed by atoms with Gasteiger partial charge in [0, 0.05) is 12.5 Å². The molecule has 0 spiro atoms. The summed E-state index contributed by atoms with van der Waals surface area (Å²) in [7, 11) is 0. The molecular weight excluding hydrogens is 290 g/mol. The molecule has 2 atom stereocenters. The minimum absolute atomic E-state index is 0.0966. The number of amides is 4. The van der Waals surface area contributed by atoms with Crippen molar-refractivity contribution in [3.63, 3.8) is 0 Å². The minimum Gasteiger partial charge on any atom is -0.451 e. The molecule has 2 aliphatic rings. The fourth-order valence-electron chi connectivity index (χ4n) is 2.61. The molecule has 0 aromatic rings. The summed E-state index contributed by atoms with van der Waals surface area (Å²) in [4.78, 5) is 46.3. The molecule has 0 aromatic heterocycles. The van der Waals surface area contributed by atoms with Gasteiger partial charge in [0.15, 0.2) is 6.10 Å². The Morgan fingerprint density at radius 1 is 1.23 bits per heavy atom. The normalized spacial score (nSPS) is 22.8. The molecule has 4 amide bonds. The largest absolute Gasteiger partial charge is 0.451 e. The molecule has 8 nitrogen and oxygen atoms in total. The Hall–Kier alpha value is -2.12. The molecular formula is C14H21N3O5. The lowest BCUT2D eigenvalue weighted by atomic mass is 10.2. The summed E-state index contributed by atoms with van der Waals surface area (Å²) < 4.78 is 4.97. The van der Waals surface area contributed by atoms with Crippen molar-refractivity contribution in [3.05, 3.63) is 0 Å². The highest BCUT2D eigenvalue weighted by molar-refractivity contribution is 5.97. The third-order valence-electron chi connectivity index (χ3n) is 3.87. The van der Waals surface area contributed by atoms with E-state index < -0.39 is 30.1 Å². The SMILES string of the molecule is C[C@H](OC(=O)[C@@H]1CCC(=O)N1)C(=O)NC(=O)NC1CCCC1. The maximum absolute atomic E-state index is 11.8. The Morgan fingerprint density at radius 2 is 1.91 bits per heavy atom. The first kappa shape index (κ1) is 16.3. The quantitative estimate of drug-likeness (QED) is 0.631. The van der Waals surface area contributed by atoms with Gasteiger partial charge in [-0.3, -0.25) is 14.9 Å². The third kappa shape index (κ3) is 4.44. The van der Waals surface area contributed by atoms with Gasteiger partial charge >= 0.3 is 12.0 Å². The molecule has 1 saturated heterocycles. The molecule has 2 rings (SSSR count). The second-order valence-corrected chi connectivity index (χ2v) is 5.68. The number of nitrogens with one attached hydrogen (secondary N) is 3. The number of urea groups is 1. The Morgan fingerprint density at radius 3 is 2.50 bits per heavy atom. The average Bonchev–Trinajstić information content (AvgIpc) is 3.10. The predicted octanol–water partition coefficient (Wildman–Crippen LogP) is -0.0349. The van der Waals surface area contributed by atoms with Crippen LogP contribution in [-0.4, -0.2) is 42.0 Å². The molecule has 1 aliphatic carbocycles. The van der Waals surface area contributed by atoms with Crippen LogP contribution in [-0.2, 0) is 19.1 Å². The molecule has 0 aromatic carbocycles. The third-order valence-corrected chi connectivity index (χ3v) is 3.87. The summed E-state index contributed by atoms with van der Waals surface area (Å²) in [6.45, 7) is 1.38. The van der Waals surface area contributed by atoms with E-state index in [0.717, 1.165) is 25.7 Å². The Labute approximate surface area is 128 Å². The Bertz CT molecular complexity index is 473. The first-order valence-corrected chi connectivity index (χ1v) is 7.57. The molecule has 22 heavy (non-hydrogen) atoms. The van der Waals surface area contributed by atoms with Crippen molar-refractivity contribution >= 4 is 23.8 Å². The monoisotopic (exact) mass is 311 g/mol. The summed E-state index contributed by atoms with van der Waals surface area (Å²) in [6.07, 6.45) is 3.48. The van der Waals surface area contributed by atoms with Crippen molar-refractivity contribution in [1.82, 2.24) is 16.0 Å². The highest BCUT2D eigenvalue weighted by Crippen LogP contribution is 2.17. The number of rotatable bonds is 4. The number of ether oxygens (including phenoxy) is 1. The summed E-state index contributed by atoms with van der Waals surface area (Å²) in [5.41, 5.74) is 0. The number of hydrogen-bond acceptors (Lipinski definition) is 5. The van der Waals surface area contributed by atoms with Crippen LogP contribution >= 0.6 is 0 Å². The van der Waals surface area contributed by atoms with Crippen LogP contribution < -0.4 is 16.0 Å². The molecule has 8 heteroatoms. The maximum atomic E-state index is 11.8. The van der Waals surface area contributed by atoms with Crippen molar-refractivity contribution in [1.29, 1.82) is 0 Å².